The topological polar surface area (TPSA) is 41.6 Å². The van der Waals surface area contributed by atoms with Gasteiger partial charge in [-0.05, 0) is 30.2 Å². The lowest BCUT2D eigenvalue weighted by molar-refractivity contribution is 1.29. The molecule has 0 aliphatic rings. The molecule has 1 N–H and O–H groups in total. The van der Waals surface area contributed by atoms with E-state index in [9.17, 15) is 0 Å². The first-order valence-corrected chi connectivity index (χ1v) is 5.28. The third-order valence-electron chi connectivity index (χ3n) is 2.45. The average Bonchev–Trinajstić information content (AvgIpc) is 2.86. The fourth-order valence-corrected chi connectivity index (χ4v) is 1.64. The van der Waals surface area contributed by atoms with E-state index in [1.165, 1.54) is 0 Å². The molecule has 0 amide bonds. The highest BCUT2D eigenvalue weighted by atomic mass is 14.8. The Morgan fingerprint density at radius 3 is 2.82 bits per heavy atom. The summed E-state index contributed by atoms with van der Waals surface area (Å²) in [5.41, 5.74) is 2.59. The molecule has 17 heavy (non-hydrogen) atoms. The van der Waals surface area contributed by atoms with Gasteiger partial charge in [-0.2, -0.15) is 0 Å². The average molecular weight is 219 g/mol. The monoisotopic (exact) mass is 219 g/mol. The number of nitrogens with one attached hydrogen (secondary N) is 1. The van der Waals surface area contributed by atoms with E-state index in [1.807, 2.05) is 36.5 Å². The van der Waals surface area contributed by atoms with Crippen LogP contribution in [0.1, 0.15) is 11.3 Å². The minimum Gasteiger partial charge on any atom is -0.346 e. The molecule has 3 heteroatoms. The van der Waals surface area contributed by atoms with E-state index in [2.05, 4.69) is 26.8 Å². The van der Waals surface area contributed by atoms with Gasteiger partial charge in [-0.1, -0.05) is 12.0 Å². The summed E-state index contributed by atoms with van der Waals surface area (Å²) < 4.78 is 0. The summed E-state index contributed by atoms with van der Waals surface area (Å²) in [4.78, 5) is 11.4. The zero-order valence-corrected chi connectivity index (χ0v) is 9.01. The summed E-state index contributed by atoms with van der Waals surface area (Å²) >= 11 is 0. The van der Waals surface area contributed by atoms with Crippen molar-refractivity contribution in [1.29, 1.82) is 0 Å². The number of hydrogen-bond acceptors (Lipinski definition) is 2. The zero-order valence-electron chi connectivity index (χ0n) is 9.01. The van der Waals surface area contributed by atoms with Crippen molar-refractivity contribution in [3.05, 3.63) is 60.2 Å². The minimum absolute atomic E-state index is 0.771. The summed E-state index contributed by atoms with van der Waals surface area (Å²) in [5, 5.41) is 1.04. The summed E-state index contributed by atoms with van der Waals surface area (Å²) in [7, 11) is 0. The maximum Gasteiger partial charge on any atom is 0.138 e. The Hall–Kier alpha value is -2.60. The number of hydrogen-bond donors (Lipinski definition) is 1. The third-order valence-corrected chi connectivity index (χ3v) is 2.45. The van der Waals surface area contributed by atoms with E-state index in [0.717, 1.165) is 22.3 Å². The second kappa shape index (κ2) is 4.11. The van der Waals surface area contributed by atoms with Crippen LogP contribution in [0.25, 0.3) is 11.0 Å². The zero-order chi connectivity index (χ0) is 11.5. The molecular formula is C14H9N3. The number of fused-ring (bicyclic) bond motifs is 1. The Morgan fingerprint density at radius 1 is 0.941 bits per heavy atom. The van der Waals surface area contributed by atoms with Gasteiger partial charge in [-0.25, -0.2) is 9.97 Å². The van der Waals surface area contributed by atoms with Gasteiger partial charge >= 0.3 is 0 Å². The molecule has 0 fully saturated rings. The molecule has 0 bridgehead atoms. The number of pyridine rings is 2. The standard InChI is InChI=1S/C14H9N3/c1-2-8-15-12(3-1)5-4-11-6-9-16-14-13(11)7-10-17-14/h1-3,6-10H,(H,16,17). The van der Waals surface area contributed by atoms with Crippen LogP contribution >= 0.6 is 0 Å². The highest BCUT2D eigenvalue weighted by Crippen LogP contribution is 2.13. The van der Waals surface area contributed by atoms with Gasteiger partial charge in [0.2, 0.25) is 0 Å². The van der Waals surface area contributed by atoms with Crippen molar-refractivity contribution in [1.82, 2.24) is 15.0 Å². The predicted octanol–water partition coefficient (Wildman–Crippen LogP) is 2.36. The van der Waals surface area contributed by atoms with E-state index in [0.29, 0.717) is 0 Å². The van der Waals surface area contributed by atoms with Gasteiger partial charge < -0.3 is 4.98 Å². The molecule has 0 atom stereocenters. The maximum absolute atomic E-state index is 4.22. The third kappa shape index (κ3) is 1.88. The first-order chi connectivity index (χ1) is 8.43. The molecule has 0 aromatic carbocycles. The summed E-state index contributed by atoms with van der Waals surface area (Å²) in [6.07, 6.45) is 5.35. The lowest BCUT2D eigenvalue weighted by Gasteiger charge is -1.92. The van der Waals surface area contributed by atoms with Crippen LogP contribution in [0.4, 0.5) is 0 Å². The lowest BCUT2D eigenvalue weighted by atomic mass is 10.2. The fourth-order valence-electron chi connectivity index (χ4n) is 1.64. The second-order valence-electron chi connectivity index (χ2n) is 3.56. The number of aromatic amines is 1. The van der Waals surface area contributed by atoms with Gasteiger partial charge in [0.05, 0.1) is 0 Å². The Morgan fingerprint density at radius 2 is 1.94 bits per heavy atom. The Kier molecular flexibility index (Phi) is 2.32. The number of H-pyrrole nitrogens is 1. The van der Waals surface area contributed by atoms with Crippen molar-refractivity contribution in [2.45, 2.75) is 0 Å². The Labute approximate surface area is 98.5 Å². The molecule has 3 heterocycles. The van der Waals surface area contributed by atoms with E-state index >= 15 is 0 Å². The second-order valence-corrected chi connectivity index (χ2v) is 3.56. The van der Waals surface area contributed by atoms with Crippen molar-refractivity contribution in [2.24, 2.45) is 0 Å². The smallest absolute Gasteiger partial charge is 0.138 e. The molecule has 0 aliphatic heterocycles. The molecule has 0 saturated heterocycles. The van der Waals surface area contributed by atoms with E-state index in [1.54, 1.807) is 12.4 Å². The van der Waals surface area contributed by atoms with Crippen LogP contribution in [0.15, 0.2) is 48.9 Å². The normalized spacial score (nSPS) is 9.88. The number of rotatable bonds is 0. The summed E-state index contributed by atoms with van der Waals surface area (Å²) in [6.45, 7) is 0. The molecule has 0 aliphatic carbocycles. The minimum atomic E-state index is 0.771. The van der Waals surface area contributed by atoms with Crippen molar-refractivity contribution in [3.8, 4) is 11.8 Å². The van der Waals surface area contributed by atoms with E-state index in [-0.39, 0.29) is 0 Å². The Bertz CT molecular complexity index is 702. The summed E-state index contributed by atoms with van der Waals surface area (Å²) in [6, 6.07) is 9.58. The highest BCUT2D eigenvalue weighted by molar-refractivity contribution is 5.82. The van der Waals surface area contributed by atoms with Crippen LogP contribution in [0, 0.1) is 11.8 Å². The molecule has 3 aromatic heterocycles. The molecule has 0 spiro atoms. The van der Waals surface area contributed by atoms with Gasteiger partial charge in [0.1, 0.15) is 11.3 Å². The fraction of sp³-hybridized carbons (Fsp3) is 0. The van der Waals surface area contributed by atoms with Gasteiger partial charge in [0.15, 0.2) is 0 Å². The van der Waals surface area contributed by atoms with Gasteiger partial charge in [0, 0.05) is 29.5 Å². The maximum atomic E-state index is 4.22. The van der Waals surface area contributed by atoms with Crippen molar-refractivity contribution >= 4 is 11.0 Å². The van der Waals surface area contributed by atoms with E-state index < -0.39 is 0 Å². The quantitative estimate of drug-likeness (QED) is 0.590. The van der Waals surface area contributed by atoms with Crippen LogP contribution in [-0.2, 0) is 0 Å². The highest BCUT2D eigenvalue weighted by Gasteiger charge is 1.98. The van der Waals surface area contributed by atoms with Crippen LogP contribution in [-0.4, -0.2) is 15.0 Å². The van der Waals surface area contributed by atoms with Crippen molar-refractivity contribution in [3.63, 3.8) is 0 Å². The lowest BCUT2D eigenvalue weighted by Crippen LogP contribution is -1.82. The van der Waals surface area contributed by atoms with Crippen LogP contribution < -0.4 is 0 Å². The largest absolute Gasteiger partial charge is 0.346 e. The summed E-state index contributed by atoms with van der Waals surface area (Å²) in [5.74, 6) is 6.16. The molecule has 3 aromatic rings. The number of nitrogens with zero attached hydrogens (tertiary/aromatic N) is 2. The van der Waals surface area contributed by atoms with Crippen LogP contribution in [0.3, 0.4) is 0 Å². The molecule has 0 radical (unpaired) electrons. The van der Waals surface area contributed by atoms with Gasteiger partial charge in [-0.15, -0.1) is 0 Å². The predicted molar refractivity (Wildman–Crippen MR) is 66.3 cm³/mol. The van der Waals surface area contributed by atoms with Crippen molar-refractivity contribution < 1.29 is 0 Å². The van der Waals surface area contributed by atoms with Crippen LogP contribution in [0.2, 0.25) is 0 Å². The first-order valence-electron chi connectivity index (χ1n) is 5.28. The van der Waals surface area contributed by atoms with Gasteiger partial charge in [0.25, 0.3) is 0 Å². The van der Waals surface area contributed by atoms with Crippen LogP contribution in [0.5, 0.6) is 0 Å². The van der Waals surface area contributed by atoms with Crippen molar-refractivity contribution in [2.75, 3.05) is 0 Å². The molecule has 0 unspecified atom stereocenters. The SMILES string of the molecule is C(#Cc1ccnc2[nH]ccc12)c1ccccn1. The Balaban J connectivity index is 2.06. The molecule has 3 rings (SSSR count). The number of aromatic nitrogens is 3. The first kappa shape index (κ1) is 9.61. The molecule has 0 saturated carbocycles. The van der Waals surface area contributed by atoms with Gasteiger partial charge in [-0.3, -0.25) is 0 Å². The van der Waals surface area contributed by atoms with E-state index in [4.69, 9.17) is 0 Å². The molecule has 3 nitrogen and oxygen atoms in total. The molecular weight excluding hydrogens is 210 g/mol. The molecule has 80 valence electrons.